The molecule has 0 heterocycles. The van der Waals surface area contributed by atoms with E-state index >= 15 is 0 Å². The number of aryl methyl sites for hydroxylation is 1. The Labute approximate surface area is 106 Å². The van der Waals surface area contributed by atoms with Crippen LogP contribution in [0.1, 0.15) is 45.2 Å². The molecule has 1 heteroatoms. The zero-order valence-corrected chi connectivity index (χ0v) is 12.0. The van der Waals surface area contributed by atoms with Crippen molar-refractivity contribution in [1.29, 1.82) is 0 Å². The first-order valence-electron chi connectivity index (χ1n) is 6.60. The number of hydrogen-bond acceptors (Lipinski definition) is 1. The van der Waals surface area contributed by atoms with E-state index in [0.717, 1.165) is 12.8 Å². The first kappa shape index (κ1) is 14.2. The summed E-state index contributed by atoms with van der Waals surface area (Å²) in [5.74, 6) is 0.656. The van der Waals surface area contributed by atoms with Crippen LogP contribution in [-0.2, 0) is 6.42 Å². The van der Waals surface area contributed by atoms with Crippen molar-refractivity contribution in [2.24, 2.45) is 17.1 Å². The Morgan fingerprint density at radius 3 is 2.12 bits per heavy atom. The Morgan fingerprint density at radius 1 is 1.12 bits per heavy atom. The zero-order valence-electron chi connectivity index (χ0n) is 12.0. The largest absolute Gasteiger partial charge is 0.327 e. The molecular formula is C16H27N. The standard InChI is InChI=1S/C16H27N/c1-12-6-8-14(9-7-12)11-15(17)10-13(2)16(3,4)5/h6-9,13,15H,10-11,17H2,1-5H3. The molecule has 0 bridgehead atoms. The maximum Gasteiger partial charge on any atom is 0.00820 e. The van der Waals surface area contributed by atoms with Gasteiger partial charge in [-0.1, -0.05) is 57.5 Å². The van der Waals surface area contributed by atoms with Gasteiger partial charge in [0.15, 0.2) is 0 Å². The molecule has 17 heavy (non-hydrogen) atoms. The third-order valence-corrected chi connectivity index (χ3v) is 3.75. The van der Waals surface area contributed by atoms with Crippen LogP contribution in [0.15, 0.2) is 24.3 Å². The number of rotatable bonds is 4. The van der Waals surface area contributed by atoms with Gasteiger partial charge in [-0.2, -0.15) is 0 Å². The van der Waals surface area contributed by atoms with Crippen LogP contribution in [0.4, 0.5) is 0 Å². The highest BCUT2D eigenvalue weighted by atomic mass is 14.6. The van der Waals surface area contributed by atoms with E-state index in [0.29, 0.717) is 11.3 Å². The molecule has 2 unspecified atom stereocenters. The van der Waals surface area contributed by atoms with Gasteiger partial charge in [0.05, 0.1) is 0 Å². The normalized spacial score (nSPS) is 15.6. The van der Waals surface area contributed by atoms with Crippen LogP contribution in [0.2, 0.25) is 0 Å². The molecule has 1 rings (SSSR count). The van der Waals surface area contributed by atoms with E-state index in [1.165, 1.54) is 11.1 Å². The van der Waals surface area contributed by atoms with E-state index < -0.39 is 0 Å². The minimum absolute atomic E-state index is 0.270. The highest BCUT2D eigenvalue weighted by molar-refractivity contribution is 5.22. The monoisotopic (exact) mass is 233 g/mol. The maximum atomic E-state index is 6.24. The third kappa shape index (κ3) is 4.91. The molecule has 0 amide bonds. The van der Waals surface area contributed by atoms with Gasteiger partial charge in [0.2, 0.25) is 0 Å². The molecule has 2 N–H and O–H groups in total. The zero-order chi connectivity index (χ0) is 13.1. The van der Waals surface area contributed by atoms with Crippen molar-refractivity contribution in [3.8, 4) is 0 Å². The van der Waals surface area contributed by atoms with E-state index in [9.17, 15) is 0 Å². The Kier molecular flexibility index (Phi) is 4.76. The van der Waals surface area contributed by atoms with Gasteiger partial charge in [-0.3, -0.25) is 0 Å². The second-order valence-corrected chi connectivity index (χ2v) is 6.45. The lowest BCUT2D eigenvalue weighted by Crippen LogP contribution is -2.30. The van der Waals surface area contributed by atoms with Gasteiger partial charge in [0.1, 0.15) is 0 Å². The Morgan fingerprint density at radius 2 is 1.65 bits per heavy atom. The predicted octanol–water partition coefficient (Wildman–Crippen LogP) is 3.94. The van der Waals surface area contributed by atoms with Crippen LogP contribution in [-0.4, -0.2) is 6.04 Å². The van der Waals surface area contributed by atoms with Gasteiger partial charge in [0, 0.05) is 6.04 Å². The lowest BCUT2D eigenvalue weighted by molar-refractivity contribution is 0.233. The number of hydrogen-bond donors (Lipinski definition) is 1. The fraction of sp³-hybridized carbons (Fsp3) is 0.625. The van der Waals surface area contributed by atoms with Crippen molar-refractivity contribution in [2.45, 2.75) is 53.5 Å². The maximum absolute atomic E-state index is 6.24. The summed E-state index contributed by atoms with van der Waals surface area (Å²) < 4.78 is 0. The van der Waals surface area contributed by atoms with Gasteiger partial charge in [-0.05, 0) is 36.7 Å². The first-order chi connectivity index (χ1) is 7.79. The quantitative estimate of drug-likeness (QED) is 0.837. The van der Waals surface area contributed by atoms with E-state index in [-0.39, 0.29) is 6.04 Å². The molecule has 0 aliphatic carbocycles. The molecule has 2 atom stereocenters. The van der Waals surface area contributed by atoms with Crippen molar-refractivity contribution in [3.05, 3.63) is 35.4 Å². The first-order valence-corrected chi connectivity index (χ1v) is 6.60. The summed E-state index contributed by atoms with van der Waals surface area (Å²) in [5.41, 5.74) is 9.26. The summed E-state index contributed by atoms with van der Waals surface area (Å²) in [6.45, 7) is 11.3. The smallest absolute Gasteiger partial charge is 0.00820 e. The van der Waals surface area contributed by atoms with Gasteiger partial charge in [-0.15, -0.1) is 0 Å². The predicted molar refractivity (Wildman–Crippen MR) is 76.1 cm³/mol. The summed E-state index contributed by atoms with van der Waals surface area (Å²) in [6.07, 6.45) is 2.08. The molecule has 0 radical (unpaired) electrons. The van der Waals surface area contributed by atoms with Crippen LogP contribution in [0.25, 0.3) is 0 Å². The Hall–Kier alpha value is -0.820. The molecule has 96 valence electrons. The van der Waals surface area contributed by atoms with E-state index in [2.05, 4.69) is 58.9 Å². The van der Waals surface area contributed by atoms with Gasteiger partial charge in [-0.25, -0.2) is 0 Å². The van der Waals surface area contributed by atoms with E-state index in [4.69, 9.17) is 5.73 Å². The SMILES string of the molecule is Cc1ccc(CC(N)CC(C)C(C)(C)C)cc1. The average molecular weight is 233 g/mol. The van der Waals surface area contributed by atoms with Crippen LogP contribution < -0.4 is 5.73 Å². The molecule has 1 nitrogen and oxygen atoms in total. The van der Waals surface area contributed by atoms with Crippen LogP contribution in [0, 0.1) is 18.3 Å². The summed E-state index contributed by atoms with van der Waals surface area (Å²) in [5, 5.41) is 0. The van der Waals surface area contributed by atoms with Crippen molar-refractivity contribution >= 4 is 0 Å². The Balaban J connectivity index is 2.50. The average Bonchev–Trinajstić information content (AvgIpc) is 2.20. The molecule has 0 aliphatic rings. The van der Waals surface area contributed by atoms with Gasteiger partial charge < -0.3 is 5.73 Å². The summed E-state index contributed by atoms with van der Waals surface area (Å²) in [6, 6.07) is 8.98. The van der Waals surface area contributed by atoms with Crippen LogP contribution in [0.3, 0.4) is 0 Å². The highest BCUT2D eigenvalue weighted by Gasteiger charge is 2.22. The summed E-state index contributed by atoms with van der Waals surface area (Å²) in [4.78, 5) is 0. The second-order valence-electron chi connectivity index (χ2n) is 6.45. The Bertz CT molecular complexity index is 332. The fourth-order valence-electron chi connectivity index (χ4n) is 1.92. The molecular weight excluding hydrogens is 206 g/mol. The molecule has 0 saturated heterocycles. The lowest BCUT2D eigenvalue weighted by atomic mass is 9.78. The highest BCUT2D eigenvalue weighted by Crippen LogP contribution is 2.29. The minimum Gasteiger partial charge on any atom is -0.327 e. The van der Waals surface area contributed by atoms with Crippen molar-refractivity contribution in [3.63, 3.8) is 0 Å². The lowest BCUT2D eigenvalue weighted by Gasteiger charge is -2.29. The molecule has 1 aromatic carbocycles. The topological polar surface area (TPSA) is 26.0 Å². The van der Waals surface area contributed by atoms with Gasteiger partial charge >= 0.3 is 0 Å². The van der Waals surface area contributed by atoms with E-state index in [1.54, 1.807) is 0 Å². The molecule has 0 saturated carbocycles. The van der Waals surface area contributed by atoms with Gasteiger partial charge in [0.25, 0.3) is 0 Å². The summed E-state index contributed by atoms with van der Waals surface area (Å²) >= 11 is 0. The van der Waals surface area contributed by atoms with Crippen molar-refractivity contribution in [1.82, 2.24) is 0 Å². The molecule has 1 aromatic rings. The summed E-state index contributed by atoms with van der Waals surface area (Å²) in [7, 11) is 0. The fourth-order valence-corrected chi connectivity index (χ4v) is 1.92. The molecule has 0 fully saturated rings. The molecule has 0 spiro atoms. The second kappa shape index (κ2) is 5.68. The molecule has 0 aromatic heterocycles. The molecule has 0 aliphatic heterocycles. The van der Waals surface area contributed by atoms with Crippen molar-refractivity contribution < 1.29 is 0 Å². The third-order valence-electron chi connectivity index (χ3n) is 3.75. The number of nitrogens with two attached hydrogens (primary N) is 1. The number of benzene rings is 1. The van der Waals surface area contributed by atoms with Crippen LogP contribution >= 0.6 is 0 Å². The van der Waals surface area contributed by atoms with Crippen molar-refractivity contribution in [2.75, 3.05) is 0 Å². The van der Waals surface area contributed by atoms with E-state index in [1.807, 2.05) is 0 Å². The minimum atomic E-state index is 0.270. The van der Waals surface area contributed by atoms with Crippen LogP contribution in [0.5, 0.6) is 0 Å².